The van der Waals surface area contributed by atoms with Crippen LogP contribution in [0, 0.1) is 13.8 Å². The molecule has 7 aromatic carbocycles. The maximum absolute atomic E-state index is 12.3. The summed E-state index contributed by atoms with van der Waals surface area (Å²) in [6, 6.07) is 46.3. The summed E-state index contributed by atoms with van der Waals surface area (Å²) in [5.74, 6) is 1.46. The highest BCUT2D eigenvalue weighted by Crippen LogP contribution is 2.33. The topological polar surface area (TPSA) is 361 Å². The summed E-state index contributed by atoms with van der Waals surface area (Å²) >= 11 is 0. The van der Waals surface area contributed by atoms with Crippen molar-refractivity contribution < 1.29 is 51.2 Å². The first-order valence-corrected chi connectivity index (χ1v) is 26.8. The van der Waals surface area contributed by atoms with Crippen LogP contribution in [-0.2, 0) is 54.3 Å². The van der Waals surface area contributed by atoms with Gasteiger partial charge in [-0.05, 0) is 139 Å². The average molecular weight is 1120 g/mol. The van der Waals surface area contributed by atoms with Crippen molar-refractivity contribution in [3.63, 3.8) is 0 Å². The minimum absolute atomic E-state index is 0.0661. The molecule has 3 N–H and O–H groups in total. The SMILES string of the molecule is Cc1cc(Cc2nc(Cc3ccc(N=Nc4ccc(N=Nc5ccccc5)cc4S(=O)(=O)O)c(C)c3)nc(Nc3ccccc3)n2)ccc1N=Nc1ccc(N=Nc2ccc(S(=O)(=O)O)cc2)cc1.O=S(=O)=O.O=S(=O)=O. The Kier molecular flexibility index (Phi) is 19.9. The Morgan fingerprint density at radius 3 is 1.26 bits per heavy atom. The van der Waals surface area contributed by atoms with Gasteiger partial charge in [0.15, 0.2) is 0 Å². The number of anilines is 2. The van der Waals surface area contributed by atoms with Crippen LogP contribution in [0.4, 0.5) is 57.1 Å². The molecule has 0 unspecified atom stereocenters. The Labute approximate surface area is 442 Å². The van der Waals surface area contributed by atoms with Crippen LogP contribution in [0.15, 0.2) is 214 Å². The van der Waals surface area contributed by atoms with Crippen LogP contribution in [0.3, 0.4) is 0 Å². The summed E-state index contributed by atoms with van der Waals surface area (Å²) in [6.07, 6.45) is 0.761. The normalized spacial score (nSPS) is 11.5. The highest BCUT2D eigenvalue weighted by atomic mass is 32.2. The fourth-order valence-electron chi connectivity index (χ4n) is 6.65. The number of benzene rings is 7. The molecule has 1 heterocycles. The third-order valence-corrected chi connectivity index (χ3v) is 11.8. The molecule has 24 nitrogen and oxygen atoms in total. The lowest BCUT2D eigenvalue weighted by molar-refractivity contribution is 0.481. The van der Waals surface area contributed by atoms with Crippen LogP contribution in [0.5, 0.6) is 0 Å². The molecule has 0 fully saturated rings. The summed E-state index contributed by atoms with van der Waals surface area (Å²) < 4.78 is 117. The Balaban J connectivity index is 0.00000112. The summed E-state index contributed by atoms with van der Waals surface area (Å²) in [5.41, 5.74) is 7.73. The third-order valence-electron chi connectivity index (χ3n) is 10.1. The van der Waals surface area contributed by atoms with E-state index in [1.165, 1.54) is 42.5 Å². The second kappa shape index (κ2) is 26.9. The minimum Gasteiger partial charge on any atom is -0.324 e. The van der Waals surface area contributed by atoms with E-state index in [0.717, 1.165) is 27.9 Å². The number of hydrogen-bond donors (Lipinski definition) is 3. The molecule has 0 saturated heterocycles. The molecule has 0 amide bonds. The van der Waals surface area contributed by atoms with Crippen molar-refractivity contribution in [1.82, 2.24) is 15.0 Å². The molecule has 0 saturated carbocycles. The molecule has 0 bridgehead atoms. The van der Waals surface area contributed by atoms with Gasteiger partial charge in [-0.3, -0.25) is 9.11 Å². The molecule has 0 radical (unpaired) electrons. The molecule has 392 valence electrons. The van der Waals surface area contributed by atoms with Gasteiger partial charge in [0.2, 0.25) is 5.95 Å². The van der Waals surface area contributed by atoms with Gasteiger partial charge < -0.3 is 5.32 Å². The maximum atomic E-state index is 12.3. The molecule has 0 aliphatic carbocycles. The van der Waals surface area contributed by atoms with E-state index in [1.807, 2.05) is 80.6 Å². The van der Waals surface area contributed by atoms with Crippen molar-refractivity contribution in [3.8, 4) is 0 Å². The van der Waals surface area contributed by atoms with Crippen molar-refractivity contribution in [1.29, 1.82) is 0 Å². The van der Waals surface area contributed by atoms with E-state index >= 15 is 0 Å². The first-order valence-electron chi connectivity index (χ1n) is 22.0. The Morgan fingerprint density at radius 1 is 0.429 bits per heavy atom. The zero-order valence-corrected chi connectivity index (χ0v) is 43.3. The molecule has 0 atom stereocenters. The van der Waals surface area contributed by atoms with Crippen molar-refractivity contribution in [2.75, 3.05) is 5.32 Å². The van der Waals surface area contributed by atoms with Gasteiger partial charge >= 0.3 is 21.2 Å². The van der Waals surface area contributed by atoms with Crippen LogP contribution in [0.1, 0.15) is 33.9 Å². The van der Waals surface area contributed by atoms with Crippen LogP contribution in [0.25, 0.3) is 0 Å². The highest BCUT2D eigenvalue weighted by Gasteiger charge is 2.18. The van der Waals surface area contributed by atoms with Gasteiger partial charge in [0.1, 0.15) is 22.2 Å². The van der Waals surface area contributed by atoms with Gasteiger partial charge in [0, 0.05) is 18.5 Å². The summed E-state index contributed by atoms with van der Waals surface area (Å²) in [5, 5.41) is 37.1. The van der Waals surface area contributed by atoms with E-state index in [4.69, 9.17) is 44.8 Å². The molecule has 8 rings (SSSR count). The second-order valence-corrected chi connectivity index (χ2v) is 19.4. The average Bonchev–Trinajstić information content (AvgIpc) is 3.37. The maximum Gasteiger partial charge on any atom is 0.425 e. The standard InChI is InChI=1S/C49H40N12O6S2.2O3S/c1-32-27-34(13-24-43(32)59-57-39-17-15-38(16-18-39)55-56-40-19-22-42(23-20-40)68(62,63)64)29-47-51-48(53-49(52-47)50-36-9-5-3-6-10-36)30-35-14-25-44(33(2)28-35)60-61-45-26-21-41(31-46(45)69(65,66)67)58-54-37-11-7-4-8-12-37;2*1-4(2)3/h3-28,31H,29-30H2,1-2H3,(H,62,63,64)(H,65,66,67)(H,50,51,52,53);;. The molecule has 28 heteroatoms. The number of nitrogens with one attached hydrogen (secondary N) is 1. The quantitative estimate of drug-likeness (QED) is 0.0597. The highest BCUT2D eigenvalue weighted by molar-refractivity contribution is 7.86. The van der Waals surface area contributed by atoms with E-state index in [-0.39, 0.29) is 16.3 Å². The second-order valence-electron chi connectivity index (χ2n) is 15.7. The molecule has 8 aromatic rings. The van der Waals surface area contributed by atoms with Crippen LogP contribution >= 0.6 is 0 Å². The molecule has 0 spiro atoms. The predicted octanol–water partition coefficient (Wildman–Crippen LogP) is 11.6. The smallest absolute Gasteiger partial charge is 0.324 e. The van der Waals surface area contributed by atoms with E-state index < -0.39 is 46.3 Å². The van der Waals surface area contributed by atoms with Crippen molar-refractivity contribution >= 4 is 98.6 Å². The molecular formula is C49H40N12O12S4. The van der Waals surface area contributed by atoms with E-state index in [9.17, 15) is 21.4 Å². The molecule has 0 aliphatic rings. The number of aromatic nitrogens is 3. The lowest BCUT2D eigenvalue weighted by Gasteiger charge is -2.11. The van der Waals surface area contributed by atoms with E-state index in [2.05, 4.69) is 46.2 Å². The molecule has 0 aliphatic heterocycles. The number of para-hydroxylation sites is 1. The number of aryl methyl sites for hydroxylation is 2. The Bertz CT molecular complexity index is 3950. The third kappa shape index (κ3) is 18.9. The van der Waals surface area contributed by atoms with Crippen molar-refractivity contribution in [2.24, 2.45) is 40.9 Å². The van der Waals surface area contributed by atoms with Gasteiger partial charge in [-0.25, -0.2) is 4.98 Å². The number of azo groups is 4. The minimum atomic E-state index is -4.68. The fraction of sp³-hybridized carbons (Fsp3) is 0.0816. The van der Waals surface area contributed by atoms with Gasteiger partial charge in [0.05, 0.1) is 44.7 Å². The largest absolute Gasteiger partial charge is 0.425 e. The zero-order chi connectivity index (χ0) is 55.5. The van der Waals surface area contributed by atoms with Crippen LogP contribution < -0.4 is 5.32 Å². The van der Waals surface area contributed by atoms with Gasteiger partial charge in [0.25, 0.3) is 20.2 Å². The number of nitrogens with zero attached hydrogens (tertiary/aromatic N) is 11. The monoisotopic (exact) mass is 1120 g/mol. The predicted molar refractivity (Wildman–Crippen MR) is 279 cm³/mol. The van der Waals surface area contributed by atoms with Crippen LogP contribution in [0.2, 0.25) is 0 Å². The van der Waals surface area contributed by atoms with Crippen molar-refractivity contribution in [3.05, 3.63) is 198 Å². The van der Waals surface area contributed by atoms with Gasteiger partial charge in [-0.1, -0.05) is 60.7 Å². The number of hydrogen-bond acceptors (Lipinski definition) is 22. The van der Waals surface area contributed by atoms with Crippen LogP contribution in [-0.4, -0.2) is 66.1 Å². The lowest BCUT2D eigenvalue weighted by Crippen LogP contribution is -2.09. The van der Waals surface area contributed by atoms with E-state index in [1.54, 1.807) is 54.6 Å². The lowest BCUT2D eigenvalue weighted by atomic mass is 10.1. The Hall–Kier alpha value is -9.19. The summed E-state index contributed by atoms with van der Waals surface area (Å²) in [7, 11) is -15.2. The summed E-state index contributed by atoms with van der Waals surface area (Å²) in [4.78, 5) is 13.7. The molecule has 77 heavy (non-hydrogen) atoms. The summed E-state index contributed by atoms with van der Waals surface area (Å²) in [6.45, 7) is 3.80. The fourth-order valence-corrected chi connectivity index (χ4v) is 7.77. The first kappa shape index (κ1) is 57.1. The van der Waals surface area contributed by atoms with Gasteiger partial charge in [-0.2, -0.15) is 62.6 Å². The molecular weight excluding hydrogens is 1080 g/mol. The van der Waals surface area contributed by atoms with Crippen molar-refractivity contribution in [2.45, 2.75) is 36.5 Å². The first-order chi connectivity index (χ1) is 36.7. The van der Waals surface area contributed by atoms with Gasteiger partial charge in [-0.15, -0.1) is 30.4 Å². The zero-order valence-electron chi connectivity index (χ0n) is 40.0. The molecule has 1 aromatic heterocycles. The Morgan fingerprint density at radius 2 is 0.805 bits per heavy atom. The number of rotatable bonds is 16. The van der Waals surface area contributed by atoms with E-state index in [0.29, 0.717) is 64.6 Å².